The van der Waals surface area contributed by atoms with Crippen LogP contribution in [0.5, 0.6) is 0 Å². The van der Waals surface area contributed by atoms with Crippen molar-refractivity contribution >= 4 is 18.7 Å². The summed E-state index contributed by atoms with van der Waals surface area (Å²) in [5.74, 6) is -0.0970. The molecule has 0 bridgehead atoms. The molecule has 0 nitrogen and oxygen atoms in total. The highest BCUT2D eigenvalue weighted by molar-refractivity contribution is 7.80. The molecule has 1 rings (SSSR count). The summed E-state index contributed by atoms with van der Waals surface area (Å²) in [6.45, 7) is 0. The van der Waals surface area contributed by atoms with E-state index in [1.54, 1.807) is 6.08 Å². The average molecular weight is 250 g/mol. The van der Waals surface area contributed by atoms with Gasteiger partial charge in [0.2, 0.25) is 0 Å². The van der Waals surface area contributed by atoms with Crippen LogP contribution in [0.15, 0.2) is 24.3 Å². The lowest BCUT2D eigenvalue weighted by atomic mass is 10.1. The fourth-order valence-corrected chi connectivity index (χ4v) is 1.28. The Bertz CT molecular complexity index is 382. The highest BCUT2D eigenvalue weighted by Gasteiger charge is 2.30. The molecule has 0 heterocycles. The monoisotopic (exact) mass is 250 g/mol. The Labute approximate surface area is 96.4 Å². The first-order valence-electron chi connectivity index (χ1n) is 4.59. The quantitative estimate of drug-likeness (QED) is 0.604. The van der Waals surface area contributed by atoms with Crippen molar-refractivity contribution in [3.63, 3.8) is 0 Å². The number of alkyl halides is 3. The van der Waals surface area contributed by atoms with Crippen molar-refractivity contribution in [1.82, 2.24) is 0 Å². The SMILES string of the molecule is Fc1ccc(C(F)(F)F)cc1C=CCCS. The molecule has 88 valence electrons. The van der Waals surface area contributed by atoms with Gasteiger partial charge in [0.25, 0.3) is 0 Å². The molecule has 0 atom stereocenters. The first-order valence-corrected chi connectivity index (χ1v) is 5.22. The van der Waals surface area contributed by atoms with Gasteiger partial charge in [-0.05, 0) is 30.4 Å². The van der Waals surface area contributed by atoms with Gasteiger partial charge in [-0.1, -0.05) is 12.2 Å². The molecule has 0 radical (unpaired) electrons. The third-order valence-electron chi connectivity index (χ3n) is 1.92. The number of benzene rings is 1. The minimum atomic E-state index is -4.44. The number of hydrogen-bond acceptors (Lipinski definition) is 1. The predicted octanol–water partition coefficient (Wildman–Crippen LogP) is 4.18. The molecule has 0 aliphatic rings. The van der Waals surface area contributed by atoms with E-state index in [-0.39, 0.29) is 5.56 Å². The number of thiol groups is 1. The van der Waals surface area contributed by atoms with Gasteiger partial charge in [0, 0.05) is 5.56 Å². The maximum atomic E-state index is 13.1. The van der Waals surface area contributed by atoms with E-state index in [0.29, 0.717) is 12.2 Å². The van der Waals surface area contributed by atoms with Gasteiger partial charge in [-0.3, -0.25) is 0 Å². The van der Waals surface area contributed by atoms with E-state index in [9.17, 15) is 17.6 Å². The Hall–Kier alpha value is -0.970. The second-order valence-electron chi connectivity index (χ2n) is 3.15. The highest BCUT2D eigenvalue weighted by Crippen LogP contribution is 2.30. The molecule has 0 spiro atoms. The van der Waals surface area contributed by atoms with E-state index in [1.165, 1.54) is 6.08 Å². The van der Waals surface area contributed by atoms with Crippen LogP contribution in [-0.4, -0.2) is 5.75 Å². The third kappa shape index (κ3) is 3.56. The van der Waals surface area contributed by atoms with Crippen LogP contribution >= 0.6 is 12.6 Å². The summed E-state index contributed by atoms with van der Waals surface area (Å²) in [7, 11) is 0. The lowest BCUT2D eigenvalue weighted by Gasteiger charge is -2.07. The summed E-state index contributed by atoms with van der Waals surface area (Å²) in [5.41, 5.74) is -0.906. The summed E-state index contributed by atoms with van der Waals surface area (Å²) in [4.78, 5) is 0. The predicted molar refractivity (Wildman–Crippen MR) is 58.9 cm³/mol. The molecule has 0 aliphatic heterocycles. The van der Waals surface area contributed by atoms with Crippen LogP contribution in [0.25, 0.3) is 6.08 Å². The third-order valence-corrected chi connectivity index (χ3v) is 2.17. The van der Waals surface area contributed by atoms with Gasteiger partial charge < -0.3 is 0 Å². The summed E-state index contributed by atoms with van der Waals surface area (Å²) in [6.07, 6.45) is -0.939. The maximum absolute atomic E-state index is 13.1. The summed E-state index contributed by atoms with van der Waals surface area (Å²) in [5, 5.41) is 0. The number of rotatable bonds is 3. The number of allylic oxidation sites excluding steroid dienone is 1. The van der Waals surface area contributed by atoms with E-state index in [4.69, 9.17) is 0 Å². The van der Waals surface area contributed by atoms with Crippen molar-refractivity contribution in [1.29, 1.82) is 0 Å². The van der Waals surface area contributed by atoms with Crippen LogP contribution in [0.4, 0.5) is 17.6 Å². The molecule has 1 aromatic carbocycles. The molecule has 0 aliphatic carbocycles. The first-order chi connectivity index (χ1) is 7.45. The second kappa shape index (κ2) is 5.39. The second-order valence-corrected chi connectivity index (χ2v) is 3.60. The molecular formula is C11H10F4S. The van der Waals surface area contributed by atoms with Crippen molar-refractivity contribution in [2.24, 2.45) is 0 Å². The molecule has 0 aromatic heterocycles. The Morgan fingerprint density at radius 2 is 1.94 bits per heavy atom. The van der Waals surface area contributed by atoms with Gasteiger partial charge >= 0.3 is 6.18 Å². The van der Waals surface area contributed by atoms with E-state index in [2.05, 4.69) is 12.6 Å². The summed E-state index contributed by atoms with van der Waals surface area (Å²) >= 11 is 3.93. The molecule has 0 N–H and O–H groups in total. The Morgan fingerprint density at radius 3 is 2.50 bits per heavy atom. The number of hydrogen-bond donors (Lipinski definition) is 1. The minimum Gasteiger partial charge on any atom is -0.206 e. The summed E-state index contributed by atoms with van der Waals surface area (Å²) in [6, 6.07) is 2.35. The van der Waals surface area contributed by atoms with Gasteiger partial charge in [0.1, 0.15) is 5.82 Å². The molecule has 0 fully saturated rings. The van der Waals surface area contributed by atoms with Gasteiger partial charge in [-0.25, -0.2) is 4.39 Å². The van der Waals surface area contributed by atoms with Gasteiger partial charge in [-0.15, -0.1) is 0 Å². The van der Waals surface area contributed by atoms with E-state index < -0.39 is 17.6 Å². The van der Waals surface area contributed by atoms with Crippen LogP contribution in [0, 0.1) is 5.82 Å². The molecule has 0 saturated carbocycles. The van der Waals surface area contributed by atoms with Gasteiger partial charge in [-0.2, -0.15) is 25.8 Å². The fraction of sp³-hybridized carbons (Fsp3) is 0.273. The van der Waals surface area contributed by atoms with Gasteiger partial charge in [0.05, 0.1) is 5.56 Å². The average Bonchev–Trinajstić information content (AvgIpc) is 2.19. The molecule has 0 saturated heterocycles. The Kier molecular flexibility index (Phi) is 4.41. The smallest absolute Gasteiger partial charge is 0.206 e. The van der Waals surface area contributed by atoms with Gasteiger partial charge in [0.15, 0.2) is 0 Å². The zero-order chi connectivity index (χ0) is 12.2. The molecule has 16 heavy (non-hydrogen) atoms. The van der Waals surface area contributed by atoms with Crippen molar-refractivity contribution in [2.75, 3.05) is 5.75 Å². The Morgan fingerprint density at radius 1 is 1.25 bits per heavy atom. The van der Waals surface area contributed by atoms with E-state index in [0.717, 1.165) is 18.2 Å². The largest absolute Gasteiger partial charge is 0.416 e. The molecule has 0 amide bonds. The molecule has 1 aromatic rings. The Balaban J connectivity index is 3.00. The number of halogens is 4. The van der Waals surface area contributed by atoms with Crippen molar-refractivity contribution < 1.29 is 17.6 Å². The zero-order valence-electron chi connectivity index (χ0n) is 8.26. The molecule has 5 heteroatoms. The highest BCUT2D eigenvalue weighted by atomic mass is 32.1. The normalized spacial score (nSPS) is 12.3. The van der Waals surface area contributed by atoms with Crippen LogP contribution in [0.1, 0.15) is 17.5 Å². The molecule has 0 unspecified atom stereocenters. The van der Waals surface area contributed by atoms with E-state index >= 15 is 0 Å². The zero-order valence-corrected chi connectivity index (χ0v) is 9.15. The van der Waals surface area contributed by atoms with Crippen molar-refractivity contribution in [3.8, 4) is 0 Å². The van der Waals surface area contributed by atoms with Crippen molar-refractivity contribution in [2.45, 2.75) is 12.6 Å². The summed E-state index contributed by atoms with van der Waals surface area (Å²) < 4.78 is 50.1. The topological polar surface area (TPSA) is 0 Å². The van der Waals surface area contributed by atoms with Crippen LogP contribution in [-0.2, 0) is 6.18 Å². The van der Waals surface area contributed by atoms with Crippen molar-refractivity contribution in [3.05, 3.63) is 41.2 Å². The fourth-order valence-electron chi connectivity index (χ4n) is 1.13. The van der Waals surface area contributed by atoms with Crippen LogP contribution in [0.3, 0.4) is 0 Å². The van der Waals surface area contributed by atoms with E-state index in [1.807, 2.05) is 0 Å². The van der Waals surface area contributed by atoms with Crippen LogP contribution in [0.2, 0.25) is 0 Å². The van der Waals surface area contributed by atoms with Crippen LogP contribution < -0.4 is 0 Å². The minimum absolute atomic E-state index is 0.0587. The lowest BCUT2D eigenvalue weighted by molar-refractivity contribution is -0.137. The molecular weight excluding hydrogens is 240 g/mol. The standard InChI is InChI=1S/C11H10F4S/c12-10-5-4-9(11(13,14)15)7-8(10)3-1-2-6-16/h1,3-5,7,16H,2,6H2. The first kappa shape index (κ1) is 13.1. The maximum Gasteiger partial charge on any atom is 0.416 e. The lowest BCUT2D eigenvalue weighted by Crippen LogP contribution is -2.05.